The third-order valence-electron chi connectivity index (χ3n) is 4.90. The molecule has 4 rings (SSSR count). The number of hydrogen-bond acceptors (Lipinski definition) is 6. The van der Waals surface area contributed by atoms with Gasteiger partial charge in [0.15, 0.2) is 11.5 Å². The van der Waals surface area contributed by atoms with Crippen molar-refractivity contribution in [1.29, 1.82) is 0 Å². The van der Waals surface area contributed by atoms with Crippen molar-refractivity contribution < 1.29 is 24.1 Å². The number of nitrogens with zero attached hydrogens (tertiary/aromatic N) is 3. The minimum atomic E-state index is -1.04. The molecular weight excluding hydrogens is 410 g/mol. The van der Waals surface area contributed by atoms with Gasteiger partial charge in [0.1, 0.15) is 11.5 Å². The van der Waals surface area contributed by atoms with Crippen molar-refractivity contribution in [3.8, 4) is 23.0 Å². The van der Waals surface area contributed by atoms with Gasteiger partial charge >= 0.3 is 6.09 Å². The van der Waals surface area contributed by atoms with E-state index in [2.05, 4.69) is 9.97 Å². The van der Waals surface area contributed by atoms with Crippen LogP contribution in [0.25, 0.3) is 10.9 Å². The van der Waals surface area contributed by atoms with E-state index in [-0.39, 0.29) is 6.54 Å². The predicted octanol–water partition coefficient (Wildman–Crippen LogP) is 5.12. The molecule has 2 aromatic carbocycles. The summed E-state index contributed by atoms with van der Waals surface area (Å²) in [6.07, 6.45) is 3.88. The Morgan fingerprint density at radius 1 is 0.906 bits per heavy atom. The molecule has 8 heteroatoms. The molecule has 0 saturated heterocycles. The highest BCUT2D eigenvalue weighted by atomic mass is 16.5. The van der Waals surface area contributed by atoms with E-state index < -0.39 is 6.09 Å². The van der Waals surface area contributed by atoms with E-state index >= 15 is 0 Å². The summed E-state index contributed by atoms with van der Waals surface area (Å²) in [6, 6.07) is 15.8. The second kappa shape index (κ2) is 9.22. The number of fused-ring (bicyclic) bond motifs is 1. The predicted molar refractivity (Wildman–Crippen MR) is 120 cm³/mol. The Balaban J connectivity index is 1.59. The SMILES string of the molecule is COc1cc2nccc(Oc3ccc(N(Cc4ccncc4)C(=O)O)cc3)c2cc1OC. The van der Waals surface area contributed by atoms with Crippen LogP contribution in [0.15, 0.2) is 73.2 Å². The average molecular weight is 431 g/mol. The van der Waals surface area contributed by atoms with Gasteiger partial charge in [-0.05, 0) is 54.1 Å². The van der Waals surface area contributed by atoms with Crippen LogP contribution in [0.4, 0.5) is 10.5 Å². The summed E-state index contributed by atoms with van der Waals surface area (Å²) < 4.78 is 16.8. The second-order valence-corrected chi connectivity index (χ2v) is 6.85. The van der Waals surface area contributed by atoms with Crippen LogP contribution >= 0.6 is 0 Å². The molecule has 0 unspecified atom stereocenters. The molecule has 0 atom stereocenters. The maximum absolute atomic E-state index is 11.8. The summed E-state index contributed by atoms with van der Waals surface area (Å²) in [4.78, 5) is 21.4. The first-order valence-corrected chi connectivity index (χ1v) is 9.77. The Morgan fingerprint density at radius 3 is 2.25 bits per heavy atom. The van der Waals surface area contributed by atoms with Crippen LogP contribution in [-0.2, 0) is 6.54 Å². The Morgan fingerprint density at radius 2 is 1.59 bits per heavy atom. The molecule has 2 heterocycles. The molecule has 2 aromatic heterocycles. The van der Waals surface area contributed by atoms with Crippen LogP contribution in [0.2, 0.25) is 0 Å². The zero-order valence-electron chi connectivity index (χ0n) is 17.6. The van der Waals surface area contributed by atoms with E-state index in [9.17, 15) is 9.90 Å². The molecular formula is C24H21N3O5. The van der Waals surface area contributed by atoms with Crippen molar-refractivity contribution in [1.82, 2.24) is 9.97 Å². The minimum absolute atomic E-state index is 0.217. The smallest absolute Gasteiger partial charge is 0.412 e. The molecule has 32 heavy (non-hydrogen) atoms. The number of carboxylic acid groups (broad SMARTS) is 1. The number of rotatable bonds is 7. The summed E-state index contributed by atoms with van der Waals surface area (Å²) in [5, 5.41) is 10.4. The molecule has 0 bridgehead atoms. The van der Waals surface area contributed by atoms with Crippen LogP contribution in [0.3, 0.4) is 0 Å². The Bertz CT molecular complexity index is 1230. The van der Waals surface area contributed by atoms with Gasteiger partial charge in [0, 0.05) is 35.7 Å². The van der Waals surface area contributed by atoms with E-state index in [4.69, 9.17) is 14.2 Å². The summed E-state index contributed by atoms with van der Waals surface area (Å²) in [5.74, 6) is 2.30. The van der Waals surface area contributed by atoms with Gasteiger partial charge in [0.2, 0.25) is 0 Å². The third kappa shape index (κ3) is 4.39. The van der Waals surface area contributed by atoms with E-state index in [1.54, 1.807) is 81.3 Å². The molecule has 1 N–H and O–H groups in total. The lowest BCUT2D eigenvalue weighted by atomic mass is 10.1. The van der Waals surface area contributed by atoms with Crippen LogP contribution < -0.4 is 19.1 Å². The van der Waals surface area contributed by atoms with Gasteiger partial charge in [0.05, 0.1) is 26.3 Å². The van der Waals surface area contributed by atoms with Crippen molar-refractivity contribution in [3.05, 3.63) is 78.8 Å². The summed E-state index contributed by atoms with van der Waals surface area (Å²) in [6.45, 7) is 0.217. The molecule has 0 aliphatic rings. The average Bonchev–Trinajstić information content (AvgIpc) is 2.83. The standard InChI is InChI=1S/C24H21N3O5/c1-30-22-13-19-20(14-23(22)31-2)26-12-9-21(19)32-18-5-3-17(4-6-18)27(24(28)29)15-16-7-10-25-11-8-16/h3-14H,15H2,1-2H3,(H,28,29). The fraction of sp³-hybridized carbons (Fsp3) is 0.125. The van der Waals surface area contributed by atoms with Gasteiger partial charge in [-0.25, -0.2) is 4.79 Å². The lowest BCUT2D eigenvalue weighted by molar-refractivity contribution is 0.201. The molecule has 4 aromatic rings. The number of benzene rings is 2. The minimum Gasteiger partial charge on any atom is -0.493 e. The number of hydrogen-bond donors (Lipinski definition) is 1. The van der Waals surface area contributed by atoms with Crippen LogP contribution in [0, 0.1) is 0 Å². The molecule has 0 spiro atoms. The maximum atomic E-state index is 11.8. The molecule has 0 saturated carbocycles. The first-order chi connectivity index (χ1) is 15.6. The summed E-state index contributed by atoms with van der Waals surface area (Å²) in [5.41, 5.74) is 2.08. The van der Waals surface area contributed by atoms with E-state index in [0.717, 1.165) is 10.9 Å². The molecule has 1 amide bonds. The van der Waals surface area contributed by atoms with Gasteiger partial charge in [0.25, 0.3) is 0 Å². The van der Waals surface area contributed by atoms with Gasteiger partial charge in [-0.2, -0.15) is 0 Å². The number of methoxy groups -OCH3 is 2. The lowest BCUT2D eigenvalue weighted by Gasteiger charge is -2.20. The highest BCUT2D eigenvalue weighted by Crippen LogP contribution is 2.37. The number of ether oxygens (including phenoxy) is 3. The number of pyridine rings is 2. The van der Waals surface area contributed by atoms with Gasteiger partial charge in [-0.3, -0.25) is 14.9 Å². The van der Waals surface area contributed by atoms with E-state index in [0.29, 0.717) is 34.2 Å². The van der Waals surface area contributed by atoms with Crippen molar-refractivity contribution in [2.45, 2.75) is 6.54 Å². The van der Waals surface area contributed by atoms with Crippen LogP contribution in [0.5, 0.6) is 23.0 Å². The zero-order valence-corrected chi connectivity index (χ0v) is 17.6. The molecule has 162 valence electrons. The van der Waals surface area contributed by atoms with Crippen molar-refractivity contribution in [2.24, 2.45) is 0 Å². The van der Waals surface area contributed by atoms with E-state index in [1.165, 1.54) is 4.90 Å². The Kier molecular flexibility index (Phi) is 6.03. The fourth-order valence-electron chi connectivity index (χ4n) is 3.30. The highest BCUT2D eigenvalue weighted by molar-refractivity contribution is 5.88. The quantitative estimate of drug-likeness (QED) is 0.434. The molecule has 0 fully saturated rings. The number of aromatic nitrogens is 2. The van der Waals surface area contributed by atoms with Gasteiger partial charge < -0.3 is 19.3 Å². The number of anilines is 1. The zero-order chi connectivity index (χ0) is 22.5. The van der Waals surface area contributed by atoms with Gasteiger partial charge in [-0.1, -0.05) is 0 Å². The molecule has 0 aliphatic heterocycles. The first-order valence-electron chi connectivity index (χ1n) is 9.77. The van der Waals surface area contributed by atoms with Crippen molar-refractivity contribution in [2.75, 3.05) is 19.1 Å². The van der Waals surface area contributed by atoms with Crippen LogP contribution in [0.1, 0.15) is 5.56 Å². The van der Waals surface area contributed by atoms with Gasteiger partial charge in [-0.15, -0.1) is 0 Å². The fourth-order valence-corrected chi connectivity index (χ4v) is 3.30. The summed E-state index contributed by atoms with van der Waals surface area (Å²) in [7, 11) is 3.14. The largest absolute Gasteiger partial charge is 0.493 e. The van der Waals surface area contributed by atoms with Crippen molar-refractivity contribution >= 4 is 22.7 Å². The molecule has 8 nitrogen and oxygen atoms in total. The first kappa shape index (κ1) is 20.9. The van der Waals surface area contributed by atoms with Crippen LogP contribution in [-0.4, -0.2) is 35.4 Å². The Hall–Kier alpha value is -4.33. The third-order valence-corrected chi connectivity index (χ3v) is 4.90. The maximum Gasteiger partial charge on any atom is 0.412 e. The van der Waals surface area contributed by atoms with Crippen molar-refractivity contribution in [3.63, 3.8) is 0 Å². The highest BCUT2D eigenvalue weighted by Gasteiger charge is 2.16. The Labute approximate surface area is 184 Å². The molecule has 0 radical (unpaired) electrons. The van der Waals surface area contributed by atoms with E-state index in [1.807, 2.05) is 6.07 Å². The second-order valence-electron chi connectivity index (χ2n) is 6.85. The lowest BCUT2D eigenvalue weighted by Crippen LogP contribution is -2.28. The molecule has 0 aliphatic carbocycles. The normalized spacial score (nSPS) is 10.6. The monoisotopic (exact) mass is 431 g/mol. The topological polar surface area (TPSA) is 94.0 Å². The number of carbonyl (C=O) groups is 1. The summed E-state index contributed by atoms with van der Waals surface area (Å²) >= 11 is 0. The number of amides is 1.